The topological polar surface area (TPSA) is 32.3 Å². The Balaban J connectivity index is 1.33. The smallest absolute Gasteiger partial charge is 0.318 e. The van der Waals surface area contributed by atoms with E-state index in [0.717, 1.165) is 29.5 Å². The molecule has 2 saturated heterocycles. The summed E-state index contributed by atoms with van der Waals surface area (Å²) in [6.07, 6.45) is 9.36. The number of fused-ring (bicyclic) bond motifs is 2. The number of likely N-dealkylation sites (tertiary alicyclic amines) is 1. The van der Waals surface area contributed by atoms with Crippen LogP contribution in [0.3, 0.4) is 0 Å². The molecule has 6 fully saturated rings. The summed E-state index contributed by atoms with van der Waals surface area (Å²) in [4.78, 5) is 14.9. The first-order chi connectivity index (χ1) is 9.69. The van der Waals surface area contributed by atoms with Crippen LogP contribution in [0.5, 0.6) is 0 Å². The standard InChI is InChI=1S/C16H24N2OS/c19-15(18-8-14-4-13(18)9-20-14)17-16-5-10-1-11(6-16)3-12(2-10)7-16/h10-14H,1-9H2,(H,17,19). The van der Waals surface area contributed by atoms with Gasteiger partial charge in [-0.05, 0) is 62.7 Å². The summed E-state index contributed by atoms with van der Waals surface area (Å²) in [6.45, 7) is 0.994. The summed E-state index contributed by atoms with van der Waals surface area (Å²) in [5.41, 5.74) is 0.181. The monoisotopic (exact) mass is 292 g/mol. The van der Waals surface area contributed by atoms with E-state index >= 15 is 0 Å². The Bertz CT molecular complexity index is 416. The number of urea groups is 1. The highest BCUT2D eigenvalue weighted by Gasteiger charge is 2.52. The maximum atomic E-state index is 12.7. The van der Waals surface area contributed by atoms with E-state index in [-0.39, 0.29) is 11.6 Å². The predicted molar refractivity (Wildman–Crippen MR) is 80.8 cm³/mol. The van der Waals surface area contributed by atoms with Crippen molar-refractivity contribution in [2.24, 2.45) is 17.8 Å². The van der Waals surface area contributed by atoms with Crippen molar-refractivity contribution in [1.29, 1.82) is 0 Å². The fourth-order valence-corrected chi connectivity index (χ4v) is 7.65. The quantitative estimate of drug-likeness (QED) is 0.806. The van der Waals surface area contributed by atoms with Crippen molar-refractivity contribution in [2.45, 2.75) is 61.8 Å². The third-order valence-corrected chi connectivity index (χ3v) is 7.96. The van der Waals surface area contributed by atoms with Crippen LogP contribution in [-0.2, 0) is 0 Å². The summed E-state index contributed by atoms with van der Waals surface area (Å²) in [7, 11) is 0. The Morgan fingerprint density at radius 3 is 2.20 bits per heavy atom. The van der Waals surface area contributed by atoms with Crippen LogP contribution in [0.2, 0.25) is 0 Å². The molecule has 6 bridgehead atoms. The lowest BCUT2D eigenvalue weighted by molar-refractivity contribution is -0.0157. The molecule has 1 N–H and O–H groups in total. The van der Waals surface area contributed by atoms with Crippen molar-refractivity contribution in [3.05, 3.63) is 0 Å². The fourth-order valence-electron chi connectivity index (χ4n) is 6.21. The van der Waals surface area contributed by atoms with Gasteiger partial charge in [0.15, 0.2) is 0 Å². The molecule has 0 aromatic carbocycles. The van der Waals surface area contributed by atoms with Crippen LogP contribution in [0.25, 0.3) is 0 Å². The van der Waals surface area contributed by atoms with Crippen LogP contribution < -0.4 is 5.32 Å². The van der Waals surface area contributed by atoms with E-state index in [1.165, 1.54) is 50.7 Å². The molecule has 3 nitrogen and oxygen atoms in total. The summed E-state index contributed by atoms with van der Waals surface area (Å²) in [5, 5.41) is 4.25. The van der Waals surface area contributed by atoms with Gasteiger partial charge in [-0.25, -0.2) is 4.79 Å². The predicted octanol–water partition coefficient (Wildman–Crippen LogP) is 2.85. The number of carbonyl (C=O) groups is 1. The average molecular weight is 292 g/mol. The van der Waals surface area contributed by atoms with Gasteiger partial charge in [0.2, 0.25) is 0 Å². The van der Waals surface area contributed by atoms with E-state index in [2.05, 4.69) is 22.0 Å². The molecule has 2 unspecified atom stereocenters. The average Bonchev–Trinajstić information content (AvgIpc) is 2.98. The maximum absolute atomic E-state index is 12.7. The molecule has 0 radical (unpaired) electrons. The molecule has 110 valence electrons. The molecule has 6 aliphatic rings. The molecule has 2 amide bonds. The minimum Gasteiger partial charge on any atom is -0.333 e. The maximum Gasteiger partial charge on any atom is 0.318 e. The molecule has 6 rings (SSSR count). The van der Waals surface area contributed by atoms with Gasteiger partial charge >= 0.3 is 6.03 Å². The minimum absolute atomic E-state index is 0.181. The van der Waals surface area contributed by atoms with Crippen molar-refractivity contribution >= 4 is 17.8 Å². The highest BCUT2D eigenvalue weighted by atomic mass is 32.2. The molecule has 2 atom stereocenters. The van der Waals surface area contributed by atoms with Crippen LogP contribution in [0.1, 0.15) is 44.9 Å². The summed E-state index contributed by atoms with van der Waals surface area (Å²) in [5.74, 6) is 3.89. The lowest BCUT2D eigenvalue weighted by atomic mass is 9.53. The zero-order chi connectivity index (χ0) is 13.3. The van der Waals surface area contributed by atoms with E-state index in [1.54, 1.807) is 0 Å². The lowest BCUT2D eigenvalue weighted by Crippen LogP contribution is -2.62. The van der Waals surface area contributed by atoms with Gasteiger partial charge in [-0.3, -0.25) is 0 Å². The van der Waals surface area contributed by atoms with Crippen molar-refractivity contribution < 1.29 is 4.79 Å². The highest BCUT2D eigenvalue weighted by Crippen LogP contribution is 2.55. The van der Waals surface area contributed by atoms with Gasteiger partial charge in [-0.1, -0.05) is 0 Å². The summed E-state index contributed by atoms with van der Waals surface area (Å²) >= 11 is 2.06. The minimum atomic E-state index is 0.181. The van der Waals surface area contributed by atoms with E-state index < -0.39 is 0 Å². The molecule has 0 aromatic rings. The number of hydrogen-bond acceptors (Lipinski definition) is 2. The van der Waals surface area contributed by atoms with E-state index in [0.29, 0.717) is 6.04 Å². The molecule has 4 aliphatic carbocycles. The number of rotatable bonds is 1. The highest BCUT2D eigenvalue weighted by molar-refractivity contribution is 8.00. The number of thioether (sulfide) groups is 1. The van der Waals surface area contributed by atoms with E-state index in [4.69, 9.17) is 0 Å². The Hall–Kier alpha value is -0.380. The largest absolute Gasteiger partial charge is 0.333 e. The van der Waals surface area contributed by atoms with Gasteiger partial charge < -0.3 is 10.2 Å². The molecular formula is C16H24N2OS. The third-order valence-electron chi connectivity index (χ3n) is 6.57. The van der Waals surface area contributed by atoms with Crippen LogP contribution in [0.15, 0.2) is 0 Å². The zero-order valence-electron chi connectivity index (χ0n) is 12.0. The second-order valence-electron chi connectivity index (χ2n) is 8.13. The molecule has 0 aromatic heterocycles. The first kappa shape index (κ1) is 12.2. The number of amides is 2. The Kier molecular flexibility index (Phi) is 2.49. The van der Waals surface area contributed by atoms with Crippen LogP contribution in [0.4, 0.5) is 4.79 Å². The Labute approximate surface area is 125 Å². The number of hydrogen-bond donors (Lipinski definition) is 1. The normalized spacial score (nSPS) is 51.8. The van der Waals surface area contributed by atoms with Gasteiger partial charge in [0.25, 0.3) is 0 Å². The molecule has 0 spiro atoms. The zero-order valence-corrected chi connectivity index (χ0v) is 12.8. The fraction of sp³-hybridized carbons (Fsp3) is 0.938. The Morgan fingerprint density at radius 1 is 1.05 bits per heavy atom. The summed E-state index contributed by atoms with van der Waals surface area (Å²) < 4.78 is 0. The number of nitrogens with zero attached hydrogens (tertiary/aromatic N) is 1. The number of nitrogens with one attached hydrogen (secondary N) is 1. The van der Waals surface area contributed by atoms with Crippen molar-refractivity contribution in [3.8, 4) is 0 Å². The molecule has 4 heteroatoms. The van der Waals surface area contributed by atoms with Gasteiger partial charge in [0.05, 0.1) is 0 Å². The van der Waals surface area contributed by atoms with E-state index in [9.17, 15) is 4.79 Å². The lowest BCUT2D eigenvalue weighted by Gasteiger charge is -2.57. The molecule has 2 heterocycles. The molecule has 20 heavy (non-hydrogen) atoms. The second-order valence-corrected chi connectivity index (χ2v) is 9.46. The number of carbonyl (C=O) groups excluding carboxylic acids is 1. The van der Waals surface area contributed by atoms with Gasteiger partial charge in [-0.15, -0.1) is 0 Å². The third kappa shape index (κ3) is 1.76. The van der Waals surface area contributed by atoms with Crippen molar-refractivity contribution in [1.82, 2.24) is 10.2 Å². The molecular weight excluding hydrogens is 268 g/mol. The van der Waals surface area contributed by atoms with Crippen LogP contribution in [-0.4, -0.2) is 40.1 Å². The van der Waals surface area contributed by atoms with Crippen molar-refractivity contribution in [3.63, 3.8) is 0 Å². The summed E-state index contributed by atoms with van der Waals surface area (Å²) in [6, 6.07) is 0.790. The van der Waals surface area contributed by atoms with Crippen molar-refractivity contribution in [2.75, 3.05) is 12.3 Å². The first-order valence-corrected chi connectivity index (χ1v) is 9.44. The SMILES string of the molecule is O=C(NC12CC3CC(CC(C3)C1)C2)N1CC2CC1CS2. The van der Waals surface area contributed by atoms with Gasteiger partial charge in [0, 0.05) is 29.1 Å². The first-order valence-electron chi connectivity index (χ1n) is 8.39. The van der Waals surface area contributed by atoms with Crippen LogP contribution in [0, 0.1) is 17.8 Å². The second kappa shape index (κ2) is 4.08. The van der Waals surface area contributed by atoms with E-state index in [1.807, 2.05) is 0 Å². The molecule has 4 saturated carbocycles. The molecule has 2 aliphatic heterocycles. The Morgan fingerprint density at radius 2 is 1.70 bits per heavy atom. The van der Waals surface area contributed by atoms with Gasteiger partial charge in [-0.2, -0.15) is 11.8 Å². The van der Waals surface area contributed by atoms with Crippen LogP contribution >= 0.6 is 11.8 Å². The van der Waals surface area contributed by atoms with Gasteiger partial charge in [0.1, 0.15) is 0 Å².